The highest BCUT2D eigenvalue weighted by Crippen LogP contribution is 2.29. The number of pyridine rings is 1. The van der Waals surface area contributed by atoms with Crippen LogP contribution in [0, 0.1) is 16.0 Å². The maximum Gasteiger partial charge on any atom is 0.276 e. The maximum absolute atomic E-state index is 10.8. The third-order valence-electron chi connectivity index (χ3n) is 3.30. The first-order chi connectivity index (χ1) is 8.60. The largest absolute Gasteiger partial charge is 0.359 e. The fourth-order valence-electron chi connectivity index (χ4n) is 2.03. The molecule has 0 atom stereocenters. The van der Waals surface area contributed by atoms with Gasteiger partial charge in [-0.1, -0.05) is 6.42 Å². The molecule has 0 amide bonds. The molecule has 2 rings (SSSR count). The third-order valence-corrected chi connectivity index (χ3v) is 3.30. The van der Waals surface area contributed by atoms with Crippen molar-refractivity contribution in [3.8, 4) is 0 Å². The van der Waals surface area contributed by atoms with Gasteiger partial charge in [0.15, 0.2) is 0 Å². The summed E-state index contributed by atoms with van der Waals surface area (Å²) in [6, 6.07) is 2.79. The van der Waals surface area contributed by atoms with Crippen molar-refractivity contribution >= 4 is 17.3 Å². The smallest absolute Gasteiger partial charge is 0.276 e. The zero-order chi connectivity index (χ0) is 13.1. The van der Waals surface area contributed by atoms with Gasteiger partial charge in [-0.25, -0.2) is 10.8 Å². The molecular weight excluding hydrogens is 234 g/mol. The van der Waals surface area contributed by atoms with Gasteiger partial charge in [-0.3, -0.25) is 10.1 Å². The molecule has 1 aliphatic carbocycles. The summed E-state index contributed by atoms with van der Waals surface area (Å²) >= 11 is 0. The lowest BCUT2D eigenvalue weighted by Gasteiger charge is -2.30. The molecule has 0 bridgehead atoms. The van der Waals surface area contributed by atoms with Gasteiger partial charge in [0, 0.05) is 13.6 Å². The number of nitrogen functional groups attached to an aromatic ring is 1. The highest BCUT2D eigenvalue weighted by atomic mass is 16.6. The average molecular weight is 251 g/mol. The SMILES string of the molecule is CN(CC1CCC1)c1cc([N+](=O)[O-])cc(NN)n1. The Morgan fingerprint density at radius 1 is 1.61 bits per heavy atom. The number of nitrogens with zero attached hydrogens (tertiary/aromatic N) is 3. The molecule has 7 nitrogen and oxygen atoms in total. The summed E-state index contributed by atoms with van der Waals surface area (Å²) in [5.74, 6) is 6.82. The number of aromatic nitrogens is 1. The first-order valence-corrected chi connectivity index (χ1v) is 5.94. The molecule has 1 fully saturated rings. The van der Waals surface area contributed by atoms with Crippen LogP contribution in [-0.4, -0.2) is 23.5 Å². The van der Waals surface area contributed by atoms with Gasteiger partial charge in [0.1, 0.15) is 11.6 Å². The number of hydrogen-bond donors (Lipinski definition) is 2. The van der Waals surface area contributed by atoms with Crippen LogP contribution in [0.1, 0.15) is 19.3 Å². The molecule has 7 heteroatoms. The van der Waals surface area contributed by atoms with Gasteiger partial charge in [-0.2, -0.15) is 0 Å². The molecule has 0 aromatic carbocycles. The third kappa shape index (κ3) is 2.67. The van der Waals surface area contributed by atoms with Crippen LogP contribution in [0.4, 0.5) is 17.3 Å². The molecule has 0 spiro atoms. The lowest BCUT2D eigenvalue weighted by molar-refractivity contribution is -0.384. The van der Waals surface area contributed by atoms with E-state index in [0.29, 0.717) is 17.6 Å². The van der Waals surface area contributed by atoms with Crippen LogP contribution in [-0.2, 0) is 0 Å². The zero-order valence-corrected chi connectivity index (χ0v) is 10.3. The Morgan fingerprint density at radius 2 is 2.33 bits per heavy atom. The molecular formula is C11H17N5O2. The number of nitrogens with two attached hydrogens (primary N) is 1. The van der Waals surface area contributed by atoms with Gasteiger partial charge in [-0.05, 0) is 18.8 Å². The Balaban J connectivity index is 2.19. The van der Waals surface area contributed by atoms with E-state index in [1.165, 1.54) is 31.4 Å². The summed E-state index contributed by atoms with van der Waals surface area (Å²) in [6.45, 7) is 0.873. The van der Waals surface area contributed by atoms with Crippen LogP contribution in [0.15, 0.2) is 12.1 Å². The number of nitrogens with one attached hydrogen (secondary N) is 1. The fraction of sp³-hybridized carbons (Fsp3) is 0.545. The summed E-state index contributed by atoms with van der Waals surface area (Å²) in [5.41, 5.74) is 2.35. The number of nitro groups is 1. The van der Waals surface area contributed by atoms with Crippen molar-refractivity contribution in [2.45, 2.75) is 19.3 Å². The van der Waals surface area contributed by atoms with Crippen molar-refractivity contribution < 1.29 is 4.92 Å². The molecule has 1 aliphatic rings. The lowest BCUT2D eigenvalue weighted by atomic mass is 9.85. The molecule has 0 unspecified atom stereocenters. The van der Waals surface area contributed by atoms with Gasteiger partial charge < -0.3 is 10.3 Å². The van der Waals surface area contributed by atoms with E-state index in [1.807, 2.05) is 11.9 Å². The standard InChI is InChI=1S/C11H17N5O2/c1-15(7-8-3-2-4-8)11-6-9(16(17)18)5-10(13-11)14-12/h5-6,8H,2-4,7,12H2,1H3,(H,13,14). The van der Waals surface area contributed by atoms with Crippen molar-refractivity contribution in [2.75, 3.05) is 23.9 Å². The number of rotatable bonds is 5. The summed E-state index contributed by atoms with van der Waals surface area (Å²) in [4.78, 5) is 16.6. The zero-order valence-electron chi connectivity index (χ0n) is 10.3. The summed E-state index contributed by atoms with van der Waals surface area (Å²) in [7, 11) is 1.89. The van der Waals surface area contributed by atoms with Gasteiger partial charge >= 0.3 is 0 Å². The van der Waals surface area contributed by atoms with Crippen molar-refractivity contribution in [1.82, 2.24) is 4.98 Å². The highest BCUT2D eigenvalue weighted by Gasteiger charge is 2.21. The second kappa shape index (κ2) is 5.18. The van der Waals surface area contributed by atoms with Gasteiger partial charge in [0.05, 0.1) is 17.1 Å². The van der Waals surface area contributed by atoms with Crippen LogP contribution < -0.4 is 16.2 Å². The van der Waals surface area contributed by atoms with Crippen molar-refractivity contribution in [1.29, 1.82) is 0 Å². The average Bonchev–Trinajstić information content (AvgIpc) is 2.32. The van der Waals surface area contributed by atoms with E-state index in [0.717, 1.165) is 6.54 Å². The molecule has 1 heterocycles. The first kappa shape index (κ1) is 12.6. The topological polar surface area (TPSA) is 97.3 Å². The Bertz CT molecular complexity index is 447. The van der Waals surface area contributed by atoms with Crippen LogP contribution in [0.3, 0.4) is 0 Å². The Labute approximate surface area is 105 Å². The Kier molecular flexibility index (Phi) is 3.61. The monoisotopic (exact) mass is 251 g/mol. The predicted octanol–water partition coefficient (Wildman–Crippen LogP) is 1.51. The van der Waals surface area contributed by atoms with E-state index in [2.05, 4.69) is 10.4 Å². The minimum Gasteiger partial charge on any atom is -0.359 e. The van der Waals surface area contributed by atoms with E-state index in [9.17, 15) is 10.1 Å². The van der Waals surface area contributed by atoms with E-state index in [4.69, 9.17) is 5.84 Å². The minimum absolute atomic E-state index is 0.00610. The normalized spacial score (nSPS) is 15.0. The van der Waals surface area contributed by atoms with Gasteiger partial charge in [0.25, 0.3) is 5.69 Å². The molecule has 0 aliphatic heterocycles. The van der Waals surface area contributed by atoms with E-state index >= 15 is 0 Å². The number of anilines is 2. The van der Waals surface area contributed by atoms with Gasteiger partial charge in [0.2, 0.25) is 0 Å². The molecule has 3 N–H and O–H groups in total. The molecule has 1 aromatic heterocycles. The van der Waals surface area contributed by atoms with E-state index < -0.39 is 4.92 Å². The van der Waals surface area contributed by atoms with Crippen molar-refractivity contribution in [2.24, 2.45) is 11.8 Å². The molecule has 1 saturated carbocycles. The maximum atomic E-state index is 10.8. The molecule has 0 radical (unpaired) electrons. The first-order valence-electron chi connectivity index (χ1n) is 5.94. The van der Waals surface area contributed by atoms with Crippen molar-refractivity contribution in [3.05, 3.63) is 22.2 Å². The predicted molar refractivity (Wildman–Crippen MR) is 69.3 cm³/mol. The molecule has 18 heavy (non-hydrogen) atoms. The second-order valence-corrected chi connectivity index (χ2v) is 4.65. The summed E-state index contributed by atoms with van der Waals surface area (Å²) in [6.07, 6.45) is 3.72. The quantitative estimate of drug-likeness (QED) is 0.467. The van der Waals surface area contributed by atoms with E-state index in [-0.39, 0.29) is 5.69 Å². The minimum atomic E-state index is -0.441. The van der Waals surface area contributed by atoms with Crippen LogP contribution >= 0.6 is 0 Å². The molecule has 0 saturated heterocycles. The summed E-state index contributed by atoms with van der Waals surface area (Å²) in [5, 5.41) is 10.8. The summed E-state index contributed by atoms with van der Waals surface area (Å²) < 4.78 is 0. The highest BCUT2D eigenvalue weighted by molar-refractivity contribution is 5.55. The van der Waals surface area contributed by atoms with Gasteiger partial charge in [-0.15, -0.1) is 0 Å². The number of hydrazine groups is 1. The lowest BCUT2D eigenvalue weighted by Crippen LogP contribution is -2.30. The van der Waals surface area contributed by atoms with Crippen LogP contribution in [0.5, 0.6) is 0 Å². The Morgan fingerprint density at radius 3 is 2.83 bits per heavy atom. The molecule has 1 aromatic rings. The van der Waals surface area contributed by atoms with Crippen molar-refractivity contribution in [3.63, 3.8) is 0 Å². The van der Waals surface area contributed by atoms with E-state index in [1.54, 1.807) is 0 Å². The van der Waals surface area contributed by atoms with Crippen LogP contribution in [0.25, 0.3) is 0 Å². The molecule has 98 valence electrons. The fourth-order valence-corrected chi connectivity index (χ4v) is 2.03. The number of hydrogen-bond acceptors (Lipinski definition) is 6. The van der Waals surface area contributed by atoms with Crippen LogP contribution in [0.2, 0.25) is 0 Å². The Hall–Kier alpha value is -1.89. The second-order valence-electron chi connectivity index (χ2n) is 4.65.